The van der Waals surface area contributed by atoms with Crippen LogP contribution in [0.5, 0.6) is 5.75 Å². The van der Waals surface area contributed by atoms with E-state index in [4.69, 9.17) is 15.2 Å². The number of nitrogens with two attached hydrogens (primary N) is 1. The molecule has 2 saturated heterocycles. The molecule has 0 bridgehead atoms. The number of methoxy groups -OCH3 is 1. The van der Waals surface area contributed by atoms with Gasteiger partial charge in [0.05, 0.1) is 12.5 Å². The van der Waals surface area contributed by atoms with E-state index in [1.165, 1.54) is 0 Å². The molecule has 0 aliphatic carbocycles. The first-order chi connectivity index (χ1) is 15.0. The minimum Gasteiger partial charge on any atom is -0.497 e. The quantitative estimate of drug-likeness (QED) is 0.775. The van der Waals surface area contributed by atoms with Gasteiger partial charge in [-0.05, 0) is 60.9 Å². The Balaban J connectivity index is 1.49. The molecule has 2 aliphatic heterocycles. The number of benzene rings is 2. The van der Waals surface area contributed by atoms with Gasteiger partial charge in [0, 0.05) is 19.7 Å². The predicted octanol–water partition coefficient (Wildman–Crippen LogP) is 3.18. The Labute approximate surface area is 183 Å². The lowest BCUT2D eigenvalue weighted by atomic mass is 9.74. The molecular formula is C25H30N2O4. The Morgan fingerprint density at radius 3 is 2.35 bits per heavy atom. The van der Waals surface area contributed by atoms with Crippen molar-refractivity contribution in [2.75, 3.05) is 26.8 Å². The number of rotatable bonds is 6. The maximum absolute atomic E-state index is 12.9. The summed E-state index contributed by atoms with van der Waals surface area (Å²) in [6, 6.07) is 16.1. The standard InChI is InChI=1S/C25H30N2O4/c1-30-21-11-9-20(10-12-21)19-7-5-18(6-8-19)16-25(24(26)29)13-3-14-27(17-25)23(28)22-4-2-15-31-22/h5-12,22H,2-4,13-17H2,1H3,(H2,26,29)/t22-,25-/m0/s1. The van der Waals surface area contributed by atoms with E-state index in [1.54, 1.807) is 12.0 Å². The van der Waals surface area contributed by atoms with Gasteiger partial charge in [0.25, 0.3) is 5.91 Å². The number of amides is 2. The van der Waals surface area contributed by atoms with Crippen molar-refractivity contribution in [3.8, 4) is 16.9 Å². The van der Waals surface area contributed by atoms with Gasteiger partial charge in [0.15, 0.2) is 0 Å². The average Bonchev–Trinajstić information content (AvgIpc) is 3.34. The molecule has 2 aromatic rings. The largest absolute Gasteiger partial charge is 0.497 e. The van der Waals surface area contributed by atoms with Crippen LogP contribution in [0.1, 0.15) is 31.2 Å². The molecule has 2 fully saturated rings. The van der Waals surface area contributed by atoms with Gasteiger partial charge in [-0.25, -0.2) is 0 Å². The lowest BCUT2D eigenvalue weighted by Gasteiger charge is -2.41. The highest BCUT2D eigenvalue weighted by molar-refractivity contribution is 5.85. The van der Waals surface area contributed by atoms with Crippen LogP contribution >= 0.6 is 0 Å². The van der Waals surface area contributed by atoms with Crippen molar-refractivity contribution in [3.05, 3.63) is 54.1 Å². The summed E-state index contributed by atoms with van der Waals surface area (Å²) in [4.78, 5) is 27.2. The number of likely N-dealkylation sites (tertiary alicyclic amines) is 1. The second-order valence-corrected chi connectivity index (χ2v) is 8.61. The van der Waals surface area contributed by atoms with Crippen molar-refractivity contribution in [3.63, 3.8) is 0 Å². The van der Waals surface area contributed by atoms with Crippen LogP contribution in [0.4, 0.5) is 0 Å². The monoisotopic (exact) mass is 422 g/mol. The zero-order valence-corrected chi connectivity index (χ0v) is 18.0. The second kappa shape index (κ2) is 9.10. The molecular weight excluding hydrogens is 392 g/mol. The third-order valence-electron chi connectivity index (χ3n) is 6.54. The van der Waals surface area contributed by atoms with Crippen molar-refractivity contribution in [2.24, 2.45) is 11.1 Å². The first-order valence-corrected chi connectivity index (χ1v) is 10.9. The number of primary amides is 1. The first kappa shape index (κ1) is 21.4. The minimum atomic E-state index is -0.742. The Hall–Kier alpha value is -2.86. The van der Waals surface area contributed by atoms with Gasteiger partial charge in [-0.2, -0.15) is 0 Å². The highest BCUT2D eigenvalue weighted by atomic mass is 16.5. The summed E-state index contributed by atoms with van der Waals surface area (Å²) in [5.74, 6) is 0.484. The molecule has 31 heavy (non-hydrogen) atoms. The fraction of sp³-hybridized carbons (Fsp3) is 0.440. The molecule has 2 aliphatic rings. The molecule has 0 unspecified atom stereocenters. The molecule has 2 aromatic carbocycles. The molecule has 0 radical (unpaired) electrons. The Bertz CT molecular complexity index is 920. The summed E-state index contributed by atoms with van der Waals surface area (Å²) in [5, 5.41) is 0. The number of hydrogen-bond acceptors (Lipinski definition) is 4. The van der Waals surface area contributed by atoms with Crippen LogP contribution in [0.2, 0.25) is 0 Å². The van der Waals surface area contributed by atoms with Crippen LogP contribution in [0, 0.1) is 5.41 Å². The van der Waals surface area contributed by atoms with Gasteiger partial charge in [-0.15, -0.1) is 0 Å². The van der Waals surface area contributed by atoms with E-state index < -0.39 is 5.41 Å². The zero-order chi connectivity index (χ0) is 21.8. The highest BCUT2D eigenvalue weighted by Gasteiger charge is 2.43. The Kier molecular flexibility index (Phi) is 6.28. The van der Waals surface area contributed by atoms with Gasteiger partial charge in [-0.1, -0.05) is 36.4 Å². The average molecular weight is 423 g/mol. The van der Waals surface area contributed by atoms with Crippen LogP contribution in [0.25, 0.3) is 11.1 Å². The van der Waals surface area contributed by atoms with E-state index in [2.05, 4.69) is 12.1 Å². The molecule has 0 aromatic heterocycles. The minimum absolute atomic E-state index is 0.00215. The maximum Gasteiger partial charge on any atom is 0.251 e. The summed E-state index contributed by atoms with van der Waals surface area (Å²) in [7, 11) is 1.65. The van der Waals surface area contributed by atoms with E-state index in [0.717, 1.165) is 41.7 Å². The topological polar surface area (TPSA) is 81.9 Å². The Morgan fingerprint density at radius 2 is 1.77 bits per heavy atom. The molecule has 4 rings (SSSR count). The highest BCUT2D eigenvalue weighted by Crippen LogP contribution is 2.35. The molecule has 164 valence electrons. The molecule has 6 nitrogen and oxygen atoms in total. The summed E-state index contributed by atoms with van der Waals surface area (Å²) >= 11 is 0. The number of ether oxygens (including phenoxy) is 2. The zero-order valence-electron chi connectivity index (χ0n) is 18.0. The lowest BCUT2D eigenvalue weighted by Crippen LogP contribution is -2.55. The van der Waals surface area contributed by atoms with Crippen molar-refractivity contribution in [1.82, 2.24) is 4.90 Å². The second-order valence-electron chi connectivity index (χ2n) is 8.61. The summed E-state index contributed by atoms with van der Waals surface area (Å²) in [6.07, 6.45) is 3.29. The number of piperidine rings is 1. The third kappa shape index (κ3) is 4.59. The molecule has 0 saturated carbocycles. The van der Waals surface area contributed by atoms with Crippen LogP contribution in [0.3, 0.4) is 0 Å². The van der Waals surface area contributed by atoms with Crippen LogP contribution in [-0.4, -0.2) is 49.6 Å². The first-order valence-electron chi connectivity index (χ1n) is 10.9. The summed E-state index contributed by atoms with van der Waals surface area (Å²) in [5.41, 5.74) is 8.39. The smallest absolute Gasteiger partial charge is 0.251 e. The van der Waals surface area contributed by atoms with Gasteiger partial charge in [0.1, 0.15) is 11.9 Å². The molecule has 2 atom stereocenters. The maximum atomic E-state index is 12.9. The van der Waals surface area contributed by atoms with E-state index in [0.29, 0.717) is 32.5 Å². The van der Waals surface area contributed by atoms with Gasteiger partial charge < -0.3 is 20.1 Å². The molecule has 6 heteroatoms. The molecule has 2 amide bonds. The normalized spacial score (nSPS) is 23.5. The van der Waals surface area contributed by atoms with Gasteiger partial charge in [0.2, 0.25) is 5.91 Å². The van der Waals surface area contributed by atoms with E-state index in [-0.39, 0.29) is 17.9 Å². The van der Waals surface area contributed by atoms with Crippen LogP contribution in [-0.2, 0) is 20.7 Å². The van der Waals surface area contributed by atoms with Crippen LogP contribution < -0.4 is 10.5 Å². The van der Waals surface area contributed by atoms with Crippen molar-refractivity contribution in [2.45, 2.75) is 38.2 Å². The fourth-order valence-corrected chi connectivity index (χ4v) is 4.72. The van der Waals surface area contributed by atoms with E-state index in [9.17, 15) is 9.59 Å². The van der Waals surface area contributed by atoms with Crippen molar-refractivity contribution >= 4 is 11.8 Å². The number of carbonyl (C=O) groups excluding carboxylic acids is 2. The summed E-state index contributed by atoms with van der Waals surface area (Å²) in [6.45, 7) is 1.65. The van der Waals surface area contributed by atoms with Gasteiger partial charge in [-0.3, -0.25) is 9.59 Å². The van der Waals surface area contributed by atoms with Crippen molar-refractivity contribution < 1.29 is 19.1 Å². The SMILES string of the molecule is COc1ccc(-c2ccc(C[C@@]3(C(N)=O)CCCN(C(=O)[C@@H]4CCCO4)C3)cc2)cc1. The number of carbonyl (C=O) groups is 2. The van der Waals surface area contributed by atoms with Crippen LogP contribution in [0.15, 0.2) is 48.5 Å². The predicted molar refractivity (Wildman–Crippen MR) is 119 cm³/mol. The third-order valence-corrected chi connectivity index (χ3v) is 6.54. The lowest BCUT2D eigenvalue weighted by molar-refractivity contribution is -0.147. The Morgan fingerprint density at radius 1 is 1.10 bits per heavy atom. The van der Waals surface area contributed by atoms with E-state index in [1.807, 2.05) is 36.4 Å². The molecule has 2 heterocycles. The van der Waals surface area contributed by atoms with Gasteiger partial charge >= 0.3 is 0 Å². The summed E-state index contributed by atoms with van der Waals surface area (Å²) < 4.78 is 10.8. The number of hydrogen-bond donors (Lipinski definition) is 1. The van der Waals surface area contributed by atoms with Crippen molar-refractivity contribution in [1.29, 1.82) is 0 Å². The number of nitrogens with zero attached hydrogens (tertiary/aromatic N) is 1. The molecule has 0 spiro atoms. The molecule has 2 N–H and O–H groups in total. The van der Waals surface area contributed by atoms with E-state index >= 15 is 0 Å². The fourth-order valence-electron chi connectivity index (χ4n) is 4.72.